The fourth-order valence-corrected chi connectivity index (χ4v) is 1.96. The molecule has 0 saturated heterocycles. The van der Waals surface area contributed by atoms with Gasteiger partial charge in [-0.2, -0.15) is 0 Å². The fraction of sp³-hybridized carbons (Fsp3) is 0.471. The maximum Gasteiger partial charge on any atom is 0.345 e. The van der Waals surface area contributed by atoms with Crippen molar-refractivity contribution in [2.45, 2.75) is 44.9 Å². The Morgan fingerprint density at radius 2 is 1.75 bits per heavy atom. The van der Waals surface area contributed by atoms with E-state index in [1.54, 1.807) is 51.1 Å². The van der Waals surface area contributed by atoms with Gasteiger partial charge in [0.1, 0.15) is 11.6 Å². The van der Waals surface area contributed by atoms with Crippen LogP contribution in [-0.2, 0) is 30.3 Å². The Labute approximate surface area is 141 Å². The van der Waals surface area contributed by atoms with Crippen molar-refractivity contribution in [2.24, 2.45) is 0 Å². The minimum atomic E-state index is -1.53. The minimum absolute atomic E-state index is 0.0899. The van der Waals surface area contributed by atoms with Crippen molar-refractivity contribution in [3.8, 4) is 0 Å². The van der Waals surface area contributed by atoms with Crippen LogP contribution < -0.4 is 5.32 Å². The summed E-state index contributed by atoms with van der Waals surface area (Å²) >= 11 is 0. The molecule has 0 saturated carbocycles. The Morgan fingerprint density at radius 3 is 2.21 bits per heavy atom. The molecule has 0 heterocycles. The minimum Gasteiger partial charge on any atom is -0.480 e. The summed E-state index contributed by atoms with van der Waals surface area (Å²) in [7, 11) is 1.18. The van der Waals surface area contributed by atoms with Gasteiger partial charge in [-0.3, -0.25) is 4.79 Å². The molecule has 7 nitrogen and oxygen atoms in total. The molecule has 24 heavy (non-hydrogen) atoms. The molecule has 1 amide bonds. The van der Waals surface area contributed by atoms with Crippen molar-refractivity contribution >= 4 is 17.8 Å². The number of aliphatic carboxylic acids is 1. The second-order valence-electron chi connectivity index (χ2n) is 6.24. The molecule has 0 bridgehead atoms. The summed E-state index contributed by atoms with van der Waals surface area (Å²) in [5, 5.41) is 11.6. The number of rotatable bonds is 7. The summed E-state index contributed by atoms with van der Waals surface area (Å²) in [6.07, 6.45) is -1.44. The van der Waals surface area contributed by atoms with E-state index in [0.717, 1.165) is 5.56 Å². The molecule has 132 valence electrons. The Kier molecular flexibility index (Phi) is 6.91. The number of carboxylic acid groups (broad SMARTS) is 1. The third kappa shape index (κ3) is 6.37. The number of amides is 1. The number of carboxylic acids is 1. The second-order valence-corrected chi connectivity index (χ2v) is 6.24. The first-order chi connectivity index (χ1) is 11.1. The van der Waals surface area contributed by atoms with Gasteiger partial charge in [0.2, 0.25) is 6.10 Å². The summed E-state index contributed by atoms with van der Waals surface area (Å²) in [5.74, 6) is -2.92. The molecular weight excluding hydrogens is 314 g/mol. The first-order valence-corrected chi connectivity index (χ1v) is 7.47. The van der Waals surface area contributed by atoms with Crippen LogP contribution >= 0.6 is 0 Å². The third-order valence-electron chi connectivity index (χ3n) is 2.99. The normalized spacial score (nSPS) is 13.7. The predicted octanol–water partition coefficient (Wildman–Crippen LogP) is 1.16. The molecule has 0 aliphatic heterocycles. The molecule has 1 aromatic carbocycles. The number of esters is 1. The maximum absolute atomic E-state index is 12.2. The van der Waals surface area contributed by atoms with E-state index in [1.165, 1.54) is 7.11 Å². The lowest BCUT2D eigenvalue weighted by Crippen LogP contribution is -2.50. The molecule has 2 N–H and O–H groups in total. The largest absolute Gasteiger partial charge is 0.480 e. The van der Waals surface area contributed by atoms with Crippen molar-refractivity contribution in [2.75, 3.05) is 7.11 Å². The summed E-state index contributed by atoms with van der Waals surface area (Å²) < 4.78 is 9.97. The van der Waals surface area contributed by atoms with Crippen molar-refractivity contribution < 1.29 is 29.0 Å². The van der Waals surface area contributed by atoms with Crippen LogP contribution in [0.4, 0.5) is 0 Å². The molecule has 0 aliphatic carbocycles. The summed E-state index contributed by atoms with van der Waals surface area (Å²) in [4.78, 5) is 35.6. The predicted molar refractivity (Wildman–Crippen MR) is 86.4 cm³/mol. The number of hydrogen-bond donors (Lipinski definition) is 2. The highest BCUT2D eigenvalue weighted by Crippen LogP contribution is 2.10. The average Bonchev–Trinajstić information content (AvgIpc) is 2.46. The van der Waals surface area contributed by atoms with Gasteiger partial charge < -0.3 is 19.9 Å². The zero-order valence-corrected chi connectivity index (χ0v) is 14.2. The molecule has 0 spiro atoms. The van der Waals surface area contributed by atoms with Crippen molar-refractivity contribution in [1.82, 2.24) is 5.32 Å². The topological polar surface area (TPSA) is 102 Å². The van der Waals surface area contributed by atoms with E-state index < -0.39 is 35.6 Å². The number of nitrogens with one attached hydrogen (secondary N) is 1. The van der Waals surface area contributed by atoms with E-state index >= 15 is 0 Å². The van der Waals surface area contributed by atoms with Crippen LogP contribution in [0.15, 0.2) is 30.3 Å². The van der Waals surface area contributed by atoms with E-state index in [2.05, 4.69) is 5.32 Å². The van der Waals surface area contributed by atoms with Crippen LogP contribution in [0.3, 0.4) is 0 Å². The Morgan fingerprint density at radius 1 is 1.17 bits per heavy atom. The van der Waals surface area contributed by atoms with Gasteiger partial charge >= 0.3 is 11.9 Å². The van der Waals surface area contributed by atoms with Gasteiger partial charge in [0.25, 0.3) is 5.91 Å². The molecular formula is C17H23NO6. The summed E-state index contributed by atoms with van der Waals surface area (Å²) in [5.41, 5.74) is -0.0406. The Balaban J connectivity index is 2.79. The number of carbonyl (C=O) groups excluding carboxylic acids is 2. The van der Waals surface area contributed by atoms with Crippen LogP contribution in [0, 0.1) is 0 Å². The van der Waals surface area contributed by atoms with E-state index in [9.17, 15) is 19.5 Å². The highest BCUT2D eigenvalue weighted by molar-refractivity contribution is 6.02. The Hall–Kier alpha value is -2.41. The maximum atomic E-state index is 12.2. The molecule has 0 aliphatic rings. The van der Waals surface area contributed by atoms with Crippen molar-refractivity contribution in [3.05, 3.63) is 35.9 Å². The van der Waals surface area contributed by atoms with Crippen molar-refractivity contribution in [1.29, 1.82) is 0 Å². The van der Waals surface area contributed by atoms with Gasteiger partial charge in [0.05, 0.1) is 0 Å². The molecule has 7 heteroatoms. The number of hydrogen-bond acceptors (Lipinski definition) is 5. The first-order valence-electron chi connectivity index (χ1n) is 7.47. The lowest BCUT2D eigenvalue weighted by molar-refractivity contribution is -0.170. The number of methoxy groups -OCH3 is 1. The molecule has 1 unspecified atom stereocenters. The SMILES string of the molecule is COC(C(=O)N[C@@H](Cc1ccccc1)C(=O)O)C(=O)OC(C)(C)C. The number of carbonyl (C=O) groups is 3. The third-order valence-corrected chi connectivity index (χ3v) is 2.99. The fourth-order valence-electron chi connectivity index (χ4n) is 1.96. The van der Waals surface area contributed by atoms with Crippen LogP contribution in [0.2, 0.25) is 0 Å². The molecule has 0 aromatic heterocycles. The van der Waals surface area contributed by atoms with Crippen LogP contribution in [0.1, 0.15) is 26.3 Å². The first kappa shape index (κ1) is 19.6. The highest BCUT2D eigenvalue weighted by atomic mass is 16.6. The van der Waals surface area contributed by atoms with Crippen molar-refractivity contribution in [3.63, 3.8) is 0 Å². The van der Waals surface area contributed by atoms with Crippen LogP contribution in [0.25, 0.3) is 0 Å². The Bertz CT molecular complexity index is 578. The van der Waals surface area contributed by atoms with Gasteiger partial charge in [-0.15, -0.1) is 0 Å². The zero-order chi connectivity index (χ0) is 18.3. The molecule has 0 fully saturated rings. The molecule has 0 radical (unpaired) electrons. The van der Waals surface area contributed by atoms with E-state index in [4.69, 9.17) is 9.47 Å². The van der Waals surface area contributed by atoms with Gasteiger partial charge in [-0.25, -0.2) is 9.59 Å². The zero-order valence-electron chi connectivity index (χ0n) is 14.2. The van der Waals surface area contributed by atoms with Gasteiger partial charge in [0.15, 0.2) is 0 Å². The lowest BCUT2D eigenvalue weighted by atomic mass is 10.1. The van der Waals surface area contributed by atoms with Gasteiger partial charge in [0, 0.05) is 13.5 Å². The van der Waals surface area contributed by atoms with E-state index in [-0.39, 0.29) is 6.42 Å². The number of benzene rings is 1. The second kappa shape index (κ2) is 8.44. The van der Waals surface area contributed by atoms with E-state index in [0.29, 0.717) is 0 Å². The smallest absolute Gasteiger partial charge is 0.345 e. The summed E-state index contributed by atoms with van der Waals surface area (Å²) in [6.45, 7) is 4.97. The number of ether oxygens (including phenoxy) is 2. The molecule has 2 atom stereocenters. The van der Waals surface area contributed by atoms with Gasteiger partial charge in [-0.05, 0) is 26.3 Å². The molecule has 1 aromatic rings. The monoisotopic (exact) mass is 337 g/mol. The average molecular weight is 337 g/mol. The van der Waals surface area contributed by atoms with Crippen LogP contribution in [0.5, 0.6) is 0 Å². The standard InChI is InChI=1S/C17H23NO6/c1-17(2,3)24-16(22)13(23-4)14(19)18-12(15(20)21)10-11-8-6-5-7-9-11/h5-9,12-13H,10H2,1-4H3,(H,18,19)(H,20,21)/t12-,13?/m0/s1. The van der Waals surface area contributed by atoms with Crippen LogP contribution in [-0.4, -0.2) is 47.8 Å². The highest BCUT2D eigenvalue weighted by Gasteiger charge is 2.33. The van der Waals surface area contributed by atoms with E-state index in [1.807, 2.05) is 0 Å². The molecule has 1 rings (SSSR count). The van der Waals surface area contributed by atoms with Gasteiger partial charge in [-0.1, -0.05) is 30.3 Å². The lowest BCUT2D eigenvalue weighted by Gasteiger charge is -2.23. The quantitative estimate of drug-likeness (QED) is 0.572. The summed E-state index contributed by atoms with van der Waals surface area (Å²) in [6, 6.07) is 7.68.